The second-order valence-corrected chi connectivity index (χ2v) is 7.62. The summed E-state index contributed by atoms with van der Waals surface area (Å²) in [5.41, 5.74) is 1.96. The number of hydrogen-bond acceptors (Lipinski definition) is 5. The third-order valence-electron chi connectivity index (χ3n) is 4.21. The minimum Gasteiger partial charge on any atom is -0.469 e. The lowest BCUT2D eigenvalue weighted by molar-refractivity contribution is -0.139. The number of allylic oxidation sites excluding steroid dienone is 1. The minimum atomic E-state index is -3.54. The molecule has 0 amide bonds. The van der Waals surface area contributed by atoms with Gasteiger partial charge in [0.25, 0.3) is 0 Å². The quantitative estimate of drug-likeness (QED) is 0.680. The van der Waals surface area contributed by atoms with Crippen LogP contribution in [0.5, 0.6) is 0 Å². The second-order valence-electron chi connectivity index (χ2n) is 5.64. The molecular weight excluding hydrogens is 309 g/mol. The van der Waals surface area contributed by atoms with Crippen molar-refractivity contribution in [3.05, 3.63) is 35.2 Å². The van der Waals surface area contributed by atoms with Gasteiger partial charge in [0, 0.05) is 12.2 Å². The molecule has 0 radical (unpaired) electrons. The fourth-order valence-electron chi connectivity index (χ4n) is 3.22. The summed E-state index contributed by atoms with van der Waals surface area (Å²) in [6, 6.07) is 2.22. The van der Waals surface area contributed by atoms with Crippen LogP contribution in [0, 0.1) is 5.82 Å². The molecule has 3 rings (SSSR count). The van der Waals surface area contributed by atoms with Crippen molar-refractivity contribution in [3.8, 4) is 0 Å². The van der Waals surface area contributed by atoms with Gasteiger partial charge in [0.15, 0.2) is 9.84 Å². The zero-order valence-electron chi connectivity index (χ0n) is 12.2. The zero-order valence-corrected chi connectivity index (χ0v) is 13.0. The first kappa shape index (κ1) is 15.0. The largest absolute Gasteiger partial charge is 0.469 e. The average Bonchev–Trinajstić information content (AvgIpc) is 2.97. The van der Waals surface area contributed by atoms with E-state index in [2.05, 4.69) is 10.1 Å². The molecule has 0 bridgehead atoms. The first-order chi connectivity index (χ1) is 10.3. The van der Waals surface area contributed by atoms with Crippen molar-refractivity contribution in [2.45, 2.75) is 29.7 Å². The van der Waals surface area contributed by atoms with Gasteiger partial charge >= 0.3 is 5.97 Å². The summed E-state index contributed by atoms with van der Waals surface area (Å²) in [5, 5.41) is 3.16. The highest BCUT2D eigenvalue weighted by molar-refractivity contribution is 7.90. The summed E-state index contributed by atoms with van der Waals surface area (Å²) in [5.74, 6) is -0.965. The highest BCUT2D eigenvalue weighted by atomic mass is 32.2. The molecule has 5 nitrogen and oxygen atoms in total. The Bertz CT molecular complexity index is 785. The third kappa shape index (κ3) is 2.39. The molecule has 7 heteroatoms. The van der Waals surface area contributed by atoms with E-state index in [9.17, 15) is 17.6 Å². The number of anilines is 1. The van der Waals surface area contributed by atoms with E-state index in [1.54, 1.807) is 0 Å². The topological polar surface area (TPSA) is 72.5 Å². The van der Waals surface area contributed by atoms with E-state index in [0.717, 1.165) is 17.9 Å². The maximum Gasteiger partial charge on any atom is 0.309 e. The summed E-state index contributed by atoms with van der Waals surface area (Å²) in [6.07, 6.45) is 3.79. The minimum absolute atomic E-state index is 0.0330. The van der Waals surface area contributed by atoms with Gasteiger partial charge < -0.3 is 10.1 Å². The molecule has 1 aliphatic carbocycles. The number of ether oxygens (including phenoxy) is 1. The van der Waals surface area contributed by atoms with Gasteiger partial charge in [-0.1, -0.05) is 6.08 Å². The molecule has 0 aromatic heterocycles. The Labute approximate surface area is 128 Å². The van der Waals surface area contributed by atoms with Crippen LogP contribution >= 0.6 is 0 Å². The Morgan fingerprint density at radius 2 is 2.18 bits per heavy atom. The maximum absolute atomic E-state index is 13.8. The lowest BCUT2D eigenvalue weighted by atomic mass is 9.94. The Morgan fingerprint density at radius 3 is 2.82 bits per heavy atom. The van der Waals surface area contributed by atoms with Crippen LogP contribution < -0.4 is 5.32 Å². The van der Waals surface area contributed by atoms with Gasteiger partial charge in [0.1, 0.15) is 5.82 Å². The van der Waals surface area contributed by atoms with E-state index in [-0.39, 0.29) is 29.2 Å². The van der Waals surface area contributed by atoms with Gasteiger partial charge in [-0.15, -0.1) is 0 Å². The van der Waals surface area contributed by atoms with Gasteiger partial charge in [-0.25, -0.2) is 12.8 Å². The summed E-state index contributed by atoms with van der Waals surface area (Å²) >= 11 is 0. The lowest BCUT2D eigenvalue weighted by Gasteiger charge is -2.15. The number of nitrogens with one attached hydrogen (secondary N) is 1. The van der Waals surface area contributed by atoms with Crippen LogP contribution in [0.3, 0.4) is 0 Å². The molecule has 0 spiro atoms. The number of esters is 1. The average molecular weight is 325 g/mol. The van der Waals surface area contributed by atoms with Crippen molar-refractivity contribution in [1.82, 2.24) is 0 Å². The predicted molar refractivity (Wildman–Crippen MR) is 79.0 cm³/mol. The molecule has 0 saturated carbocycles. The SMILES string of the molecule is COC(=O)CC1=CC[C@H]2c3cc(F)cc(S(C)(=O)=O)c3N[C@@H]12. The van der Waals surface area contributed by atoms with Gasteiger partial charge in [0.2, 0.25) is 0 Å². The summed E-state index contributed by atoms with van der Waals surface area (Å²) in [6.45, 7) is 0. The summed E-state index contributed by atoms with van der Waals surface area (Å²) in [4.78, 5) is 11.4. The van der Waals surface area contributed by atoms with Crippen molar-refractivity contribution < 1.29 is 22.3 Å². The van der Waals surface area contributed by atoms with E-state index in [4.69, 9.17) is 0 Å². The van der Waals surface area contributed by atoms with Gasteiger partial charge in [-0.05, 0) is 29.7 Å². The normalized spacial score (nSPS) is 22.6. The molecule has 0 fully saturated rings. The van der Waals surface area contributed by atoms with E-state index in [1.807, 2.05) is 6.08 Å². The van der Waals surface area contributed by atoms with Crippen molar-refractivity contribution >= 4 is 21.5 Å². The van der Waals surface area contributed by atoms with Crippen LogP contribution in [0.2, 0.25) is 0 Å². The molecule has 1 N–H and O–H groups in total. The lowest BCUT2D eigenvalue weighted by Crippen LogP contribution is -2.21. The van der Waals surface area contributed by atoms with E-state index < -0.39 is 15.7 Å². The molecule has 1 aromatic rings. The molecule has 118 valence electrons. The Balaban J connectivity index is 1.99. The number of fused-ring (bicyclic) bond motifs is 3. The van der Waals surface area contributed by atoms with E-state index in [0.29, 0.717) is 17.7 Å². The van der Waals surface area contributed by atoms with Gasteiger partial charge in [-0.3, -0.25) is 4.79 Å². The van der Waals surface area contributed by atoms with Crippen LogP contribution in [0.4, 0.5) is 10.1 Å². The Morgan fingerprint density at radius 1 is 1.45 bits per heavy atom. The summed E-state index contributed by atoms with van der Waals surface area (Å²) in [7, 11) is -2.22. The molecule has 1 heterocycles. The van der Waals surface area contributed by atoms with Gasteiger partial charge in [-0.2, -0.15) is 0 Å². The number of carbonyl (C=O) groups is 1. The number of benzene rings is 1. The molecule has 0 saturated heterocycles. The highest BCUT2D eigenvalue weighted by Crippen LogP contribution is 2.48. The smallest absolute Gasteiger partial charge is 0.309 e. The first-order valence-electron chi connectivity index (χ1n) is 6.87. The molecule has 1 aliphatic heterocycles. The van der Waals surface area contributed by atoms with Crippen LogP contribution in [-0.2, 0) is 19.4 Å². The van der Waals surface area contributed by atoms with Crippen LogP contribution in [-0.4, -0.2) is 33.8 Å². The van der Waals surface area contributed by atoms with E-state index in [1.165, 1.54) is 13.2 Å². The van der Waals surface area contributed by atoms with Crippen LogP contribution in [0.15, 0.2) is 28.7 Å². The molecular formula is C15H16FNO4S. The monoisotopic (exact) mass is 325 g/mol. The van der Waals surface area contributed by atoms with E-state index >= 15 is 0 Å². The van der Waals surface area contributed by atoms with Crippen LogP contribution in [0.25, 0.3) is 0 Å². The molecule has 1 aromatic carbocycles. The molecule has 0 unspecified atom stereocenters. The molecule has 2 aliphatic rings. The highest BCUT2D eigenvalue weighted by Gasteiger charge is 2.40. The molecule has 2 atom stereocenters. The maximum atomic E-state index is 13.8. The number of carbonyl (C=O) groups excluding carboxylic acids is 1. The summed E-state index contributed by atoms with van der Waals surface area (Å²) < 4.78 is 42.2. The fourth-order valence-corrected chi connectivity index (χ4v) is 4.09. The Kier molecular flexibility index (Phi) is 3.47. The number of methoxy groups -OCH3 is 1. The Hall–Kier alpha value is -1.89. The molecule has 22 heavy (non-hydrogen) atoms. The first-order valence-corrected chi connectivity index (χ1v) is 8.76. The van der Waals surface area contributed by atoms with Crippen molar-refractivity contribution in [3.63, 3.8) is 0 Å². The number of halogens is 1. The van der Waals surface area contributed by atoms with Crippen molar-refractivity contribution in [1.29, 1.82) is 0 Å². The standard InChI is InChI=1S/C15H16FNO4S/c1-21-13(18)5-8-3-4-10-11-6-9(16)7-12(22(2,19)20)15(11)17-14(8)10/h3,6-7,10,14,17H,4-5H2,1-2H3/t10-,14-/m0/s1. The predicted octanol–water partition coefficient (Wildman–Crippen LogP) is 2.00. The number of sulfone groups is 1. The number of hydrogen-bond donors (Lipinski definition) is 1. The number of rotatable bonds is 3. The fraction of sp³-hybridized carbons (Fsp3) is 0.400. The van der Waals surface area contributed by atoms with Crippen molar-refractivity contribution in [2.24, 2.45) is 0 Å². The zero-order chi connectivity index (χ0) is 16.1. The second kappa shape index (κ2) is 5.08. The third-order valence-corrected chi connectivity index (χ3v) is 5.33. The van der Waals surface area contributed by atoms with Crippen LogP contribution in [0.1, 0.15) is 24.3 Å². The van der Waals surface area contributed by atoms with Crippen molar-refractivity contribution in [2.75, 3.05) is 18.7 Å². The van der Waals surface area contributed by atoms with Gasteiger partial charge in [0.05, 0.1) is 30.2 Å².